The third-order valence-corrected chi connectivity index (χ3v) is 5.95. The Balaban J connectivity index is 2.99. The smallest absolute Gasteiger partial charge is 0.408 e. The van der Waals surface area contributed by atoms with E-state index >= 15 is 0 Å². The lowest BCUT2D eigenvalue weighted by Gasteiger charge is -2.49. The fourth-order valence-corrected chi connectivity index (χ4v) is 4.28. The van der Waals surface area contributed by atoms with E-state index in [1.807, 2.05) is 18.7 Å². The van der Waals surface area contributed by atoms with E-state index in [1.54, 1.807) is 0 Å². The molecular formula is C22H44N4O4. The zero-order chi connectivity index (χ0) is 22.4. The fraction of sp³-hybridized carbons (Fsp3) is 0.909. The van der Waals surface area contributed by atoms with Crippen LogP contribution in [0.15, 0.2) is 0 Å². The van der Waals surface area contributed by atoms with Crippen molar-refractivity contribution in [2.24, 2.45) is 11.7 Å². The maximum atomic E-state index is 12.6. The standard InChI is InChI=1S/C22H44N4O4/c1-5-8-15-24-20(27)29-18(4)26(7-3)22(17-23,19-13-11-10-12-14-19)30-21(28)25-16-9-6-2/h18-19H,5-17,23H2,1-4H3,(H,24,27)(H,25,28). The molecule has 8 nitrogen and oxygen atoms in total. The van der Waals surface area contributed by atoms with Crippen LogP contribution >= 0.6 is 0 Å². The molecule has 1 aliphatic rings. The second kappa shape index (κ2) is 14.5. The third kappa shape index (κ3) is 7.95. The van der Waals surface area contributed by atoms with Gasteiger partial charge in [0.15, 0.2) is 12.0 Å². The number of carbonyl (C=O) groups is 2. The number of likely N-dealkylation sites (N-methyl/N-ethyl adjacent to an activating group) is 1. The zero-order valence-corrected chi connectivity index (χ0v) is 19.5. The minimum atomic E-state index is -1.01. The molecule has 0 aliphatic heterocycles. The molecule has 1 fully saturated rings. The summed E-state index contributed by atoms with van der Waals surface area (Å²) in [5, 5.41) is 5.62. The molecule has 1 saturated carbocycles. The van der Waals surface area contributed by atoms with Crippen LogP contribution in [0.1, 0.15) is 85.5 Å². The van der Waals surface area contributed by atoms with Crippen molar-refractivity contribution in [2.45, 2.75) is 97.4 Å². The highest BCUT2D eigenvalue weighted by Gasteiger charge is 2.49. The van der Waals surface area contributed by atoms with Gasteiger partial charge in [-0.25, -0.2) is 14.5 Å². The zero-order valence-electron chi connectivity index (χ0n) is 19.5. The Morgan fingerprint density at radius 1 is 1.03 bits per heavy atom. The second-order valence-electron chi connectivity index (χ2n) is 8.12. The average molecular weight is 429 g/mol. The summed E-state index contributed by atoms with van der Waals surface area (Å²) in [7, 11) is 0. The van der Waals surface area contributed by atoms with Crippen LogP contribution in [0.3, 0.4) is 0 Å². The number of ether oxygens (including phenoxy) is 2. The molecule has 2 amide bonds. The van der Waals surface area contributed by atoms with Crippen LogP contribution in [0.5, 0.6) is 0 Å². The van der Waals surface area contributed by atoms with Crippen molar-refractivity contribution in [1.82, 2.24) is 15.5 Å². The molecule has 1 aliphatic carbocycles. The van der Waals surface area contributed by atoms with Gasteiger partial charge in [0.1, 0.15) is 0 Å². The van der Waals surface area contributed by atoms with Gasteiger partial charge in [0.25, 0.3) is 0 Å². The topological polar surface area (TPSA) is 106 Å². The van der Waals surface area contributed by atoms with Crippen molar-refractivity contribution in [1.29, 1.82) is 0 Å². The number of unbranched alkanes of at least 4 members (excludes halogenated alkanes) is 2. The minimum absolute atomic E-state index is 0.0994. The maximum Gasteiger partial charge on any atom is 0.408 e. The largest absolute Gasteiger partial charge is 0.430 e. The van der Waals surface area contributed by atoms with Gasteiger partial charge in [0.05, 0.1) is 0 Å². The summed E-state index contributed by atoms with van der Waals surface area (Å²) in [6, 6.07) is 0. The van der Waals surface area contributed by atoms with Crippen molar-refractivity contribution < 1.29 is 19.1 Å². The van der Waals surface area contributed by atoms with Crippen LogP contribution in [-0.4, -0.2) is 55.2 Å². The summed E-state index contributed by atoms with van der Waals surface area (Å²) in [6.07, 6.45) is 7.49. The molecule has 0 heterocycles. The van der Waals surface area contributed by atoms with Crippen molar-refractivity contribution in [3.05, 3.63) is 0 Å². The quantitative estimate of drug-likeness (QED) is 0.303. The number of rotatable bonds is 13. The molecule has 0 saturated heterocycles. The van der Waals surface area contributed by atoms with E-state index in [1.165, 1.54) is 6.42 Å². The van der Waals surface area contributed by atoms with E-state index in [2.05, 4.69) is 24.5 Å². The van der Waals surface area contributed by atoms with Crippen LogP contribution in [-0.2, 0) is 9.47 Å². The van der Waals surface area contributed by atoms with Gasteiger partial charge < -0.3 is 25.8 Å². The molecule has 1 rings (SSSR count). The molecule has 0 spiro atoms. The molecule has 0 radical (unpaired) electrons. The van der Waals surface area contributed by atoms with Gasteiger partial charge in [-0.15, -0.1) is 0 Å². The Labute approximate surface area is 182 Å². The predicted molar refractivity (Wildman–Crippen MR) is 119 cm³/mol. The number of nitrogens with two attached hydrogens (primary N) is 1. The van der Waals surface area contributed by atoms with Gasteiger partial charge in [-0.3, -0.25) is 0 Å². The van der Waals surface area contributed by atoms with Gasteiger partial charge in [0.2, 0.25) is 0 Å². The monoisotopic (exact) mass is 428 g/mol. The molecule has 0 aromatic rings. The van der Waals surface area contributed by atoms with Crippen LogP contribution in [0, 0.1) is 5.92 Å². The maximum absolute atomic E-state index is 12.6. The molecule has 8 heteroatoms. The lowest BCUT2D eigenvalue weighted by Crippen LogP contribution is -2.65. The first-order valence-corrected chi connectivity index (χ1v) is 11.8. The molecule has 2 atom stereocenters. The lowest BCUT2D eigenvalue weighted by molar-refractivity contribution is -0.198. The highest BCUT2D eigenvalue weighted by atomic mass is 16.6. The summed E-state index contributed by atoms with van der Waals surface area (Å²) in [4.78, 5) is 26.8. The molecule has 0 aromatic heterocycles. The number of nitrogens with zero attached hydrogens (tertiary/aromatic N) is 1. The van der Waals surface area contributed by atoms with Crippen molar-refractivity contribution >= 4 is 12.2 Å². The molecule has 2 unspecified atom stereocenters. The first-order valence-electron chi connectivity index (χ1n) is 11.8. The Morgan fingerprint density at radius 2 is 1.60 bits per heavy atom. The first kappa shape index (κ1) is 26.5. The Kier molecular flexibility index (Phi) is 12.8. The average Bonchev–Trinajstić information content (AvgIpc) is 2.74. The van der Waals surface area contributed by atoms with Crippen molar-refractivity contribution in [3.8, 4) is 0 Å². The lowest BCUT2D eigenvalue weighted by atomic mass is 9.80. The van der Waals surface area contributed by atoms with Crippen LogP contribution in [0.25, 0.3) is 0 Å². The molecule has 0 aromatic carbocycles. The number of carbonyl (C=O) groups excluding carboxylic acids is 2. The summed E-state index contributed by atoms with van der Waals surface area (Å²) < 4.78 is 11.7. The molecule has 30 heavy (non-hydrogen) atoms. The SMILES string of the molecule is CCCCNC(=O)OC(C)N(CC)C(CN)(OC(=O)NCCCC)C1CCCCC1. The predicted octanol–water partition coefficient (Wildman–Crippen LogP) is 3.94. The summed E-state index contributed by atoms with van der Waals surface area (Å²) in [5.41, 5.74) is 5.28. The van der Waals surface area contributed by atoms with Crippen molar-refractivity contribution in [2.75, 3.05) is 26.2 Å². The van der Waals surface area contributed by atoms with E-state index in [0.29, 0.717) is 19.6 Å². The second-order valence-corrected chi connectivity index (χ2v) is 8.12. The number of alkyl carbamates (subject to hydrolysis) is 2. The highest BCUT2D eigenvalue weighted by Crippen LogP contribution is 2.38. The van der Waals surface area contributed by atoms with Gasteiger partial charge >= 0.3 is 12.2 Å². The Bertz CT molecular complexity index is 500. The number of nitrogens with one attached hydrogen (secondary N) is 2. The van der Waals surface area contributed by atoms with E-state index in [-0.39, 0.29) is 12.5 Å². The molecule has 0 bridgehead atoms. The first-order chi connectivity index (χ1) is 14.4. The number of hydrogen-bond acceptors (Lipinski definition) is 6. The molecule has 176 valence electrons. The Morgan fingerprint density at radius 3 is 2.10 bits per heavy atom. The van der Waals surface area contributed by atoms with Gasteiger partial charge in [-0.05, 0) is 32.6 Å². The molecule has 4 N–H and O–H groups in total. The third-order valence-electron chi connectivity index (χ3n) is 5.95. The van der Waals surface area contributed by atoms with E-state index in [4.69, 9.17) is 15.2 Å². The van der Waals surface area contributed by atoms with Crippen LogP contribution in [0.4, 0.5) is 9.59 Å². The van der Waals surface area contributed by atoms with Crippen LogP contribution in [0.2, 0.25) is 0 Å². The van der Waals surface area contributed by atoms with Gasteiger partial charge in [0, 0.05) is 32.1 Å². The Hall–Kier alpha value is -1.54. The summed E-state index contributed by atoms with van der Waals surface area (Å²) in [6.45, 7) is 9.76. The normalized spacial score (nSPS) is 17.8. The number of amides is 2. The van der Waals surface area contributed by atoms with Gasteiger partial charge in [-0.2, -0.15) is 0 Å². The van der Waals surface area contributed by atoms with E-state index < -0.39 is 24.1 Å². The summed E-state index contributed by atoms with van der Waals surface area (Å²) >= 11 is 0. The molecular weight excluding hydrogens is 384 g/mol. The summed E-state index contributed by atoms with van der Waals surface area (Å²) in [5.74, 6) is 0.0994. The van der Waals surface area contributed by atoms with Crippen molar-refractivity contribution in [3.63, 3.8) is 0 Å². The van der Waals surface area contributed by atoms with E-state index in [0.717, 1.165) is 51.4 Å². The van der Waals surface area contributed by atoms with Crippen LogP contribution < -0.4 is 16.4 Å². The van der Waals surface area contributed by atoms with Gasteiger partial charge in [-0.1, -0.05) is 52.9 Å². The fourth-order valence-electron chi connectivity index (χ4n) is 4.28. The highest BCUT2D eigenvalue weighted by molar-refractivity contribution is 5.68. The van der Waals surface area contributed by atoms with E-state index in [9.17, 15) is 9.59 Å². The minimum Gasteiger partial charge on any atom is -0.430 e. The number of hydrogen-bond donors (Lipinski definition) is 3.